The Balaban J connectivity index is 3.06. The molecule has 1 rings (SSSR count). The molecule has 0 unspecified atom stereocenters. The number of aromatic amines is 1. The Morgan fingerprint density at radius 2 is 2.33 bits per heavy atom. The Labute approximate surface area is 85.8 Å². The molecule has 0 saturated heterocycles. The van der Waals surface area contributed by atoms with Crippen LogP contribution in [0.5, 0.6) is 0 Å². The van der Waals surface area contributed by atoms with Crippen LogP contribution in [0.1, 0.15) is 35.9 Å². The van der Waals surface area contributed by atoms with Crippen LogP contribution in [0.15, 0.2) is 0 Å². The summed E-state index contributed by atoms with van der Waals surface area (Å²) in [7, 11) is 0. The lowest BCUT2D eigenvalue weighted by molar-refractivity contribution is -0.385. The van der Waals surface area contributed by atoms with Crippen molar-refractivity contribution in [3.05, 3.63) is 21.5 Å². The fraction of sp³-hybridized carbons (Fsp3) is 0.500. The summed E-state index contributed by atoms with van der Waals surface area (Å²) in [6, 6.07) is 0. The predicted molar refractivity (Wildman–Crippen MR) is 52.4 cm³/mol. The number of unbranched alkanes of at least 4 members (excludes halogenated alkanes) is 1. The maximum atomic E-state index is 10.9. The Morgan fingerprint density at radius 3 is 2.80 bits per heavy atom. The van der Waals surface area contributed by atoms with Crippen molar-refractivity contribution in [2.75, 3.05) is 0 Å². The van der Waals surface area contributed by atoms with Crippen molar-refractivity contribution in [2.24, 2.45) is 5.73 Å². The molecule has 0 aliphatic rings. The maximum Gasteiger partial charge on any atom is 0.322 e. The number of aryl methyl sites for hydroxylation is 1. The highest BCUT2D eigenvalue weighted by atomic mass is 16.6. The van der Waals surface area contributed by atoms with E-state index in [9.17, 15) is 14.9 Å². The van der Waals surface area contributed by atoms with Gasteiger partial charge in [-0.2, -0.15) is 5.10 Å². The van der Waals surface area contributed by atoms with Gasteiger partial charge in [-0.25, -0.2) is 0 Å². The van der Waals surface area contributed by atoms with Crippen LogP contribution in [0.25, 0.3) is 0 Å². The van der Waals surface area contributed by atoms with E-state index in [1.165, 1.54) is 0 Å². The van der Waals surface area contributed by atoms with Crippen molar-refractivity contribution < 1.29 is 9.72 Å². The second kappa shape index (κ2) is 4.54. The van der Waals surface area contributed by atoms with Crippen molar-refractivity contribution in [1.29, 1.82) is 0 Å². The molecule has 0 aromatic carbocycles. The highest BCUT2D eigenvalue weighted by molar-refractivity contribution is 5.95. The lowest BCUT2D eigenvalue weighted by Crippen LogP contribution is -2.13. The standard InChI is InChI=1S/C8H12N4O3/c1-2-3-4-5-7(12(14)15)6(8(9)13)11-10-5/h2-4H2,1H3,(H2,9,13)(H,10,11). The number of nitrogens with zero attached hydrogens (tertiary/aromatic N) is 2. The fourth-order valence-corrected chi connectivity index (χ4v) is 1.26. The number of carbonyl (C=O) groups is 1. The summed E-state index contributed by atoms with van der Waals surface area (Å²) in [5, 5.41) is 16.7. The van der Waals surface area contributed by atoms with Crippen LogP contribution in [0.2, 0.25) is 0 Å². The van der Waals surface area contributed by atoms with Crippen molar-refractivity contribution in [1.82, 2.24) is 10.2 Å². The number of carbonyl (C=O) groups excluding carboxylic acids is 1. The minimum atomic E-state index is -0.864. The first-order valence-electron chi connectivity index (χ1n) is 4.59. The van der Waals surface area contributed by atoms with E-state index in [4.69, 9.17) is 5.73 Å². The van der Waals surface area contributed by atoms with Crippen LogP contribution in [0.4, 0.5) is 5.69 Å². The van der Waals surface area contributed by atoms with E-state index >= 15 is 0 Å². The lowest BCUT2D eigenvalue weighted by atomic mass is 10.1. The van der Waals surface area contributed by atoms with Crippen molar-refractivity contribution >= 4 is 11.6 Å². The molecule has 0 atom stereocenters. The number of nitro groups is 1. The van der Waals surface area contributed by atoms with E-state index < -0.39 is 10.8 Å². The number of H-pyrrole nitrogens is 1. The molecule has 0 aliphatic carbocycles. The third kappa shape index (κ3) is 2.30. The molecule has 7 heteroatoms. The summed E-state index contributed by atoms with van der Waals surface area (Å²) < 4.78 is 0. The molecule has 7 nitrogen and oxygen atoms in total. The van der Waals surface area contributed by atoms with E-state index in [1.54, 1.807) is 0 Å². The van der Waals surface area contributed by atoms with Crippen LogP contribution in [0, 0.1) is 10.1 Å². The summed E-state index contributed by atoms with van der Waals surface area (Å²) in [5.74, 6) is -0.864. The van der Waals surface area contributed by atoms with Crippen LogP contribution < -0.4 is 5.73 Å². The third-order valence-corrected chi connectivity index (χ3v) is 2.01. The molecule has 82 valence electrons. The van der Waals surface area contributed by atoms with Gasteiger partial charge in [-0.3, -0.25) is 20.0 Å². The molecule has 1 heterocycles. The summed E-state index contributed by atoms with van der Waals surface area (Å²) in [6.45, 7) is 1.97. The van der Waals surface area contributed by atoms with Crippen LogP contribution >= 0.6 is 0 Å². The molecule has 0 spiro atoms. The Hall–Kier alpha value is -1.92. The van der Waals surface area contributed by atoms with Gasteiger partial charge in [0.15, 0.2) is 0 Å². The van der Waals surface area contributed by atoms with E-state index in [1.807, 2.05) is 6.92 Å². The Bertz CT molecular complexity index is 385. The number of nitrogens with one attached hydrogen (secondary N) is 1. The van der Waals surface area contributed by atoms with Gasteiger partial charge in [0.1, 0.15) is 5.69 Å². The van der Waals surface area contributed by atoms with Crippen molar-refractivity contribution in [3.8, 4) is 0 Å². The van der Waals surface area contributed by atoms with Crippen molar-refractivity contribution in [2.45, 2.75) is 26.2 Å². The smallest absolute Gasteiger partial charge is 0.322 e. The molecular formula is C8H12N4O3. The first-order valence-corrected chi connectivity index (χ1v) is 4.59. The average molecular weight is 212 g/mol. The molecule has 0 bridgehead atoms. The monoisotopic (exact) mass is 212 g/mol. The fourth-order valence-electron chi connectivity index (χ4n) is 1.26. The van der Waals surface area contributed by atoms with Gasteiger partial charge in [0.2, 0.25) is 5.69 Å². The molecule has 1 aromatic rings. The second-order valence-electron chi connectivity index (χ2n) is 3.12. The Morgan fingerprint density at radius 1 is 1.67 bits per heavy atom. The van der Waals surface area contributed by atoms with E-state index in [0.29, 0.717) is 6.42 Å². The third-order valence-electron chi connectivity index (χ3n) is 2.01. The van der Waals surface area contributed by atoms with Gasteiger partial charge in [0, 0.05) is 0 Å². The van der Waals surface area contributed by atoms with Crippen LogP contribution in [-0.4, -0.2) is 21.0 Å². The highest BCUT2D eigenvalue weighted by Gasteiger charge is 2.26. The Kier molecular flexibility index (Phi) is 3.37. The van der Waals surface area contributed by atoms with Gasteiger partial charge in [0.05, 0.1) is 4.92 Å². The quantitative estimate of drug-likeness (QED) is 0.553. The van der Waals surface area contributed by atoms with Gasteiger partial charge >= 0.3 is 5.69 Å². The van der Waals surface area contributed by atoms with Gasteiger partial charge < -0.3 is 5.73 Å². The zero-order valence-corrected chi connectivity index (χ0v) is 8.32. The zero-order valence-electron chi connectivity index (χ0n) is 8.32. The predicted octanol–water partition coefficient (Wildman–Crippen LogP) is 0.759. The van der Waals surface area contributed by atoms with Crippen LogP contribution in [0.3, 0.4) is 0 Å². The second-order valence-corrected chi connectivity index (χ2v) is 3.12. The number of aromatic nitrogens is 2. The maximum absolute atomic E-state index is 10.9. The van der Waals surface area contributed by atoms with Gasteiger partial charge in [0.25, 0.3) is 5.91 Å². The first kappa shape index (κ1) is 11.2. The van der Waals surface area contributed by atoms with E-state index in [0.717, 1.165) is 12.8 Å². The normalized spacial score (nSPS) is 10.2. The molecular weight excluding hydrogens is 200 g/mol. The average Bonchev–Trinajstić information content (AvgIpc) is 2.58. The minimum Gasteiger partial charge on any atom is -0.364 e. The number of nitrogens with two attached hydrogens (primary N) is 1. The molecule has 0 saturated carbocycles. The summed E-state index contributed by atoms with van der Waals surface area (Å²) in [5.41, 5.74) is 4.74. The summed E-state index contributed by atoms with van der Waals surface area (Å²) >= 11 is 0. The molecule has 0 aliphatic heterocycles. The topological polar surface area (TPSA) is 115 Å². The van der Waals surface area contributed by atoms with Gasteiger partial charge in [-0.05, 0) is 12.8 Å². The van der Waals surface area contributed by atoms with E-state index in [2.05, 4.69) is 10.2 Å². The number of rotatable bonds is 5. The molecule has 15 heavy (non-hydrogen) atoms. The van der Waals surface area contributed by atoms with Crippen LogP contribution in [-0.2, 0) is 6.42 Å². The number of hydrogen-bond acceptors (Lipinski definition) is 4. The number of primary amides is 1. The van der Waals surface area contributed by atoms with Crippen molar-refractivity contribution in [3.63, 3.8) is 0 Å². The SMILES string of the molecule is CCCCc1n[nH]c(C(N)=O)c1[N+](=O)[O-]. The molecule has 0 fully saturated rings. The van der Waals surface area contributed by atoms with E-state index in [-0.39, 0.29) is 17.1 Å². The molecule has 3 N–H and O–H groups in total. The highest BCUT2D eigenvalue weighted by Crippen LogP contribution is 2.22. The lowest BCUT2D eigenvalue weighted by Gasteiger charge is -1.94. The molecule has 1 amide bonds. The minimum absolute atomic E-state index is 0.230. The summed E-state index contributed by atoms with van der Waals surface area (Å²) in [6.07, 6.45) is 2.15. The zero-order chi connectivity index (χ0) is 11.4. The number of amides is 1. The van der Waals surface area contributed by atoms with Gasteiger partial charge in [-0.1, -0.05) is 13.3 Å². The number of hydrogen-bond donors (Lipinski definition) is 2. The molecule has 0 radical (unpaired) electrons. The van der Waals surface area contributed by atoms with Gasteiger partial charge in [-0.15, -0.1) is 0 Å². The summed E-state index contributed by atoms with van der Waals surface area (Å²) in [4.78, 5) is 20.9. The molecule has 1 aromatic heterocycles. The first-order chi connectivity index (χ1) is 7.07. The largest absolute Gasteiger partial charge is 0.364 e.